The maximum Gasteiger partial charge on any atom is 0.115 e. The molecule has 1 rings (SSSR count). The first-order chi connectivity index (χ1) is 5.58. The fourth-order valence-electron chi connectivity index (χ4n) is 1.13. The Kier molecular flexibility index (Phi) is 2.38. The monoisotopic (exact) mass is 178 g/mol. The minimum Gasteiger partial charge on any atom is -0.508 e. The lowest BCUT2D eigenvalue weighted by Gasteiger charge is -2.18. The van der Waals surface area contributed by atoms with Gasteiger partial charge in [0.05, 0.1) is 0 Å². The molecule has 1 nitrogen and oxygen atoms in total. The van der Waals surface area contributed by atoms with Crippen LogP contribution in [0, 0.1) is 0 Å². The topological polar surface area (TPSA) is 20.2 Å². The van der Waals surface area contributed by atoms with E-state index in [9.17, 15) is 5.11 Å². The molecule has 0 spiro atoms. The van der Waals surface area contributed by atoms with E-state index in [0.717, 1.165) is 5.19 Å². The van der Waals surface area contributed by atoms with Gasteiger partial charge < -0.3 is 5.11 Å². The maximum atomic E-state index is 9.56. The van der Waals surface area contributed by atoms with Gasteiger partial charge in [-0.05, 0) is 11.3 Å². The van der Waals surface area contributed by atoms with Gasteiger partial charge in [0.15, 0.2) is 0 Å². The van der Waals surface area contributed by atoms with Gasteiger partial charge in [-0.2, -0.15) is 0 Å². The minimum atomic E-state index is -1.58. The van der Waals surface area contributed by atoms with Crippen LogP contribution in [0.1, 0.15) is 0 Å². The molecule has 0 radical (unpaired) electrons. The maximum absolute atomic E-state index is 9.56. The molecule has 0 saturated carbocycles. The third kappa shape index (κ3) is 1.59. The van der Waals surface area contributed by atoms with Crippen LogP contribution in [0.25, 0.3) is 0 Å². The molecule has 0 unspecified atom stereocenters. The molecule has 0 bridgehead atoms. The summed E-state index contributed by atoms with van der Waals surface area (Å²) in [6.45, 7) is 8.12. The normalized spacial score (nSPS) is 11.2. The van der Waals surface area contributed by atoms with E-state index in [-0.39, 0.29) is 0 Å². The number of phenolic OH excluding ortho intramolecular Hbond substituents is 1. The van der Waals surface area contributed by atoms with Gasteiger partial charge >= 0.3 is 0 Å². The van der Waals surface area contributed by atoms with Crippen LogP contribution in [-0.4, -0.2) is 13.2 Å². The van der Waals surface area contributed by atoms with Gasteiger partial charge in [0.1, 0.15) is 13.8 Å². The largest absolute Gasteiger partial charge is 0.508 e. The lowest BCUT2D eigenvalue weighted by molar-refractivity contribution is 0.479. The summed E-state index contributed by atoms with van der Waals surface area (Å²) in [5.74, 6) is 0.397. The van der Waals surface area contributed by atoms with Crippen LogP contribution >= 0.6 is 0 Å². The Balaban J connectivity index is 3.19. The SMILES string of the molecule is C=C[Si](C)(C)c1ccccc1O. The molecule has 12 heavy (non-hydrogen) atoms. The van der Waals surface area contributed by atoms with Crippen molar-refractivity contribution in [1.29, 1.82) is 0 Å². The van der Waals surface area contributed by atoms with Crippen molar-refractivity contribution in [2.75, 3.05) is 0 Å². The van der Waals surface area contributed by atoms with E-state index in [2.05, 4.69) is 19.7 Å². The highest BCUT2D eigenvalue weighted by molar-refractivity contribution is 6.94. The van der Waals surface area contributed by atoms with Gasteiger partial charge in [0.2, 0.25) is 0 Å². The number of rotatable bonds is 2. The summed E-state index contributed by atoms with van der Waals surface area (Å²) in [5.41, 5.74) is 1.97. The average Bonchev–Trinajstić information content (AvgIpc) is 2.05. The Morgan fingerprint density at radius 2 is 1.92 bits per heavy atom. The summed E-state index contributed by atoms with van der Waals surface area (Å²) >= 11 is 0. The first-order valence-corrected chi connectivity index (χ1v) is 7.08. The summed E-state index contributed by atoms with van der Waals surface area (Å²) in [6, 6.07) is 7.50. The molecule has 1 N–H and O–H groups in total. The zero-order valence-electron chi connectivity index (χ0n) is 7.54. The second-order valence-corrected chi connectivity index (χ2v) is 7.83. The summed E-state index contributed by atoms with van der Waals surface area (Å²) in [7, 11) is -1.58. The molecule has 0 aromatic heterocycles. The van der Waals surface area contributed by atoms with Gasteiger partial charge in [-0.3, -0.25) is 0 Å². The van der Waals surface area contributed by atoms with Crippen LogP contribution < -0.4 is 5.19 Å². The fraction of sp³-hybridized carbons (Fsp3) is 0.200. The highest BCUT2D eigenvalue weighted by Gasteiger charge is 2.21. The quantitative estimate of drug-likeness (QED) is 0.687. The summed E-state index contributed by atoms with van der Waals surface area (Å²) in [6.07, 6.45) is 0. The van der Waals surface area contributed by atoms with E-state index in [1.54, 1.807) is 6.07 Å². The molecule has 1 aromatic rings. The zero-order valence-corrected chi connectivity index (χ0v) is 8.54. The van der Waals surface area contributed by atoms with E-state index in [4.69, 9.17) is 0 Å². The second-order valence-electron chi connectivity index (χ2n) is 3.44. The van der Waals surface area contributed by atoms with Crippen LogP contribution in [0.2, 0.25) is 13.1 Å². The number of para-hydroxylation sites is 1. The number of phenols is 1. The van der Waals surface area contributed by atoms with Crippen molar-refractivity contribution in [1.82, 2.24) is 0 Å². The molecule has 0 heterocycles. The van der Waals surface area contributed by atoms with E-state index in [0.29, 0.717) is 5.75 Å². The predicted molar refractivity (Wildman–Crippen MR) is 55.4 cm³/mol. The highest BCUT2D eigenvalue weighted by Crippen LogP contribution is 2.12. The number of hydrogen-bond acceptors (Lipinski definition) is 1. The molecule has 0 amide bonds. The molecule has 0 aliphatic carbocycles. The highest BCUT2D eigenvalue weighted by atomic mass is 28.3. The minimum absolute atomic E-state index is 0.397. The molecular weight excluding hydrogens is 164 g/mol. The van der Waals surface area contributed by atoms with Gasteiger partial charge in [0, 0.05) is 0 Å². The summed E-state index contributed by atoms with van der Waals surface area (Å²) in [5, 5.41) is 10.6. The van der Waals surface area contributed by atoms with Crippen LogP contribution in [0.3, 0.4) is 0 Å². The lowest BCUT2D eigenvalue weighted by Crippen LogP contribution is -2.39. The van der Waals surface area contributed by atoms with E-state index in [1.807, 2.05) is 23.9 Å². The van der Waals surface area contributed by atoms with Crippen LogP contribution in [0.15, 0.2) is 36.5 Å². The smallest absolute Gasteiger partial charge is 0.115 e. The molecule has 64 valence electrons. The fourth-order valence-corrected chi connectivity index (χ4v) is 2.62. The summed E-state index contributed by atoms with van der Waals surface area (Å²) < 4.78 is 0. The third-order valence-corrected chi connectivity index (χ3v) is 4.94. The molecule has 0 saturated heterocycles. The number of hydrogen-bond donors (Lipinski definition) is 1. The Morgan fingerprint density at radius 3 is 2.42 bits per heavy atom. The predicted octanol–water partition coefficient (Wildman–Crippen LogP) is 2.03. The standard InChI is InChI=1S/C10H14OSi/c1-4-12(2,3)10-8-6-5-7-9(10)11/h4-8,11H,1H2,2-3H3. The lowest BCUT2D eigenvalue weighted by atomic mass is 10.3. The zero-order chi connectivity index (χ0) is 9.19. The third-order valence-electron chi connectivity index (χ3n) is 2.11. The van der Waals surface area contributed by atoms with E-state index >= 15 is 0 Å². The van der Waals surface area contributed by atoms with Crippen molar-refractivity contribution in [2.45, 2.75) is 13.1 Å². The number of benzene rings is 1. The van der Waals surface area contributed by atoms with E-state index in [1.165, 1.54) is 0 Å². The Hall–Kier alpha value is -1.02. The van der Waals surface area contributed by atoms with Crippen LogP contribution in [0.4, 0.5) is 0 Å². The second kappa shape index (κ2) is 3.15. The van der Waals surface area contributed by atoms with Gasteiger partial charge in [-0.1, -0.05) is 37.0 Å². The van der Waals surface area contributed by atoms with Crippen LogP contribution in [0.5, 0.6) is 5.75 Å². The van der Waals surface area contributed by atoms with E-state index < -0.39 is 8.07 Å². The van der Waals surface area contributed by atoms with Crippen molar-refractivity contribution >= 4 is 13.3 Å². The molecule has 0 atom stereocenters. The first kappa shape index (κ1) is 9.07. The molecule has 0 fully saturated rings. The molecule has 0 aliphatic rings. The average molecular weight is 178 g/mol. The van der Waals surface area contributed by atoms with Crippen molar-refractivity contribution in [2.24, 2.45) is 0 Å². The summed E-state index contributed by atoms with van der Waals surface area (Å²) in [4.78, 5) is 0. The Labute approximate surface area is 74.4 Å². The number of aromatic hydroxyl groups is 1. The van der Waals surface area contributed by atoms with Crippen molar-refractivity contribution in [3.8, 4) is 5.75 Å². The Bertz CT molecular complexity index is 292. The molecule has 1 aromatic carbocycles. The molecule has 0 aliphatic heterocycles. The van der Waals surface area contributed by atoms with Gasteiger partial charge in [-0.15, -0.1) is 6.58 Å². The van der Waals surface area contributed by atoms with Crippen LogP contribution in [-0.2, 0) is 0 Å². The molecule has 2 heteroatoms. The first-order valence-electron chi connectivity index (χ1n) is 4.00. The Morgan fingerprint density at radius 1 is 1.33 bits per heavy atom. The van der Waals surface area contributed by atoms with Crippen molar-refractivity contribution < 1.29 is 5.11 Å². The van der Waals surface area contributed by atoms with Gasteiger partial charge in [0.25, 0.3) is 0 Å². The molecular formula is C10H14OSi. The van der Waals surface area contributed by atoms with Gasteiger partial charge in [-0.25, -0.2) is 0 Å². The van der Waals surface area contributed by atoms with Crippen molar-refractivity contribution in [3.05, 3.63) is 36.5 Å². The van der Waals surface area contributed by atoms with Crippen molar-refractivity contribution in [3.63, 3.8) is 0 Å².